The molecule has 1 N–H and O–H groups in total. The molecule has 1 amide bonds. The summed E-state index contributed by atoms with van der Waals surface area (Å²) < 4.78 is 69.5. The van der Waals surface area contributed by atoms with Gasteiger partial charge in [-0.15, -0.1) is 12.3 Å². The Morgan fingerprint density at radius 3 is 2.16 bits per heavy atom. The number of nitrogens with one attached hydrogen (secondary N) is 1. The van der Waals surface area contributed by atoms with Crippen molar-refractivity contribution in [3.63, 3.8) is 0 Å². The van der Waals surface area contributed by atoms with E-state index < -0.39 is 31.7 Å². The number of hydrogen-bond acceptors (Lipinski definition) is 8. The van der Waals surface area contributed by atoms with Gasteiger partial charge in [0.15, 0.2) is 5.71 Å². The van der Waals surface area contributed by atoms with E-state index in [1.807, 2.05) is 60.7 Å². The summed E-state index contributed by atoms with van der Waals surface area (Å²) in [6.45, 7) is 10.0. The molecule has 2 aliphatic heterocycles. The van der Waals surface area contributed by atoms with Crippen molar-refractivity contribution >= 4 is 43.2 Å². The fourth-order valence-corrected chi connectivity index (χ4v) is 8.33. The van der Waals surface area contributed by atoms with Crippen LogP contribution in [0.25, 0.3) is 0 Å². The second-order valence-corrected chi connectivity index (χ2v) is 17.8. The first-order chi connectivity index (χ1) is 25.5. The maximum Gasteiger partial charge on any atom is 1.00 e. The Bertz CT molecular complexity index is 2110. The average molecular weight is 798 g/mol. The van der Waals surface area contributed by atoms with Crippen LogP contribution in [-0.4, -0.2) is 73.3 Å². The van der Waals surface area contributed by atoms with Crippen LogP contribution >= 0.6 is 0 Å². The van der Waals surface area contributed by atoms with E-state index in [1.165, 1.54) is 0 Å². The Hall–Kier alpha value is -3.28. The minimum atomic E-state index is -4.29. The molecule has 290 valence electrons. The Kier molecular flexibility index (Phi) is 17.0. The SMILES string of the molecule is C#CCCCCNC(=O)C(=C\C=C\C1=[N+](CCCCS(=O)(=O)[O-])c2ccccc2C1(C)C)/C=C/C=C1/N(CCCCS(=O)(=O)[O-])c2ccccc2C1(C)C.[Na+]. The second-order valence-electron chi connectivity index (χ2n) is 14.7. The van der Waals surface area contributed by atoms with E-state index in [2.05, 4.69) is 60.5 Å². The van der Waals surface area contributed by atoms with E-state index >= 15 is 0 Å². The van der Waals surface area contributed by atoms with Crippen LogP contribution < -0.4 is 39.8 Å². The third-order valence-electron chi connectivity index (χ3n) is 10.0. The van der Waals surface area contributed by atoms with Gasteiger partial charge in [-0.2, -0.15) is 4.58 Å². The van der Waals surface area contributed by atoms with Crippen LogP contribution in [0, 0.1) is 12.3 Å². The first-order valence-electron chi connectivity index (χ1n) is 18.4. The van der Waals surface area contributed by atoms with E-state index in [0.717, 1.165) is 46.8 Å². The molecule has 0 saturated carbocycles. The van der Waals surface area contributed by atoms with Gasteiger partial charge < -0.3 is 19.3 Å². The molecule has 0 atom stereocenters. The number of para-hydroxylation sites is 2. The number of amides is 1. The fourth-order valence-electron chi connectivity index (χ4n) is 7.21. The molecule has 10 nitrogen and oxygen atoms in total. The molecule has 2 aromatic carbocycles. The van der Waals surface area contributed by atoms with Gasteiger partial charge in [-0.25, -0.2) is 16.8 Å². The Morgan fingerprint density at radius 1 is 0.855 bits per heavy atom. The minimum absolute atomic E-state index is 0. The first kappa shape index (κ1) is 46.1. The molecule has 4 rings (SSSR count). The monoisotopic (exact) mass is 797 g/mol. The molecular formula is C42H52N3NaO7S2. The molecule has 55 heavy (non-hydrogen) atoms. The van der Waals surface area contributed by atoms with Gasteiger partial charge in [0.2, 0.25) is 5.69 Å². The van der Waals surface area contributed by atoms with Gasteiger partial charge in [-0.1, -0.05) is 62.4 Å². The number of carbonyl (C=O) groups is 1. The van der Waals surface area contributed by atoms with E-state index in [0.29, 0.717) is 44.5 Å². The van der Waals surface area contributed by atoms with Crippen molar-refractivity contribution in [2.75, 3.05) is 36.0 Å². The molecule has 2 heterocycles. The first-order valence-corrected chi connectivity index (χ1v) is 21.6. The van der Waals surface area contributed by atoms with Gasteiger partial charge >= 0.3 is 29.6 Å². The van der Waals surface area contributed by atoms with Crippen LogP contribution in [0.3, 0.4) is 0 Å². The predicted molar refractivity (Wildman–Crippen MR) is 214 cm³/mol. The zero-order valence-electron chi connectivity index (χ0n) is 32.7. The molecular weight excluding hydrogens is 746 g/mol. The van der Waals surface area contributed by atoms with Gasteiger partial charge in [0.25, 0.3) is 5.91 Å². The standard InChI is InChI=1S/C42H53N3O7S2.Na/c1-6-7-8-13-28-43-40(46)33(20-18-26-38-41(2,3)34-22-9-11-24-36(34)44(38)29-14-16-31-53(47,48)49)21-19-27-39-42(4,5)35-23-10-12-25-37(35)45(39)30-15-17-32-54(50,51)52;/h1,9-12,18-27H,7-8,13-17,28-32H2,2-5H3,(H2-,43,46,47,48,49,50,51,52);/q;+1/p-1. The summed E-state index contributed by atoms with van der Waals surface area (Å²) in [6.07, 6.45) is 20.3. The predicted octanol–water partition coefficient (Wildman–Crippen LogP) is 3.36. The molecule has 13 heteroatoms. The van der Waals surface area contributed by atoms with Gasteiger partial charge in [0, 0.05) is 77.5 Å². The number of hydrogen-bond donors (Lipinski definition) is 1. The maximum absolute atomic E-state index is 13.6. The van der Waals surface area contributed by atoms with Crippen molar-refractivity contribution in [2.45, 2.75) is 83.5 Å². The summed E-state index contributed by atoms with van der Waals surface area (Å²) in [5, 5.41) is 3.01. The molecule has 0 bridgehead atoms. The number of fused-ring (bicyclic) bond motifs is 2. The summed E-state index contributed by atoms with van der Waals surface area (Å²) in [6, 6.07) is 16.1. The summed E-state index contributed by atoms with van der Waals surface area (Å²) >= 11 is 0. The quantitative estimate of drug-likeness (QED) is 0.0433. The molecule has 2 aliphatic rings. The van der Waals surface area contributed by atoms with Crippen LogP contribution in [0.1, 0.15) is 83.8 Å². The molecule has 2 aromatic rings. The van der Waals surface area contributed by atoms with Crippen LogP contribution in [0.5, 0.6) is 0 Å². The number of unbranched alkanes of at least 4 members (excludes halogenated alkanes) is 4. The number of carbonyl (C=O) groups excluding carboxylic acids is 1. The minimum Gasteiger partial charge on any atom is -0.748 e. The average Bonchev–Trinajstić information content (AvgIpc) is 3.45. The van der Waals surface area contributed by atoms with E-state index in [4.69, 9.17) is 6.42 Å². The van der Waals surface area contributed by atoms with Crippen LogP contribution in [0.4, 0.5) is 11.4 Å². The number of anilines is 1. The molecule has 0 spiro atoms. The smallest absolute Gasteiger partial charge is 0.748 e. The van der Waals surface area contributed by atoms with E-state index in [9.17, 15) is 30.7 Å². The third-order valence-corrected chi connectivity index (χ3v) is 11.6. The summed E-state index contributed by atoms with van der Waals surface area (Å²) in [5.74, 6) is 1.57. The van der Waals surface area contributed by atoms with Crippen molar-refractivity contribution in [3.8, 4) is 12.3 Å². The van der Waals surface area contributed by atoms with Crippen molar-refractivity contribution in [3.05, 3.63) is 107 Å². The molecule has 0 saturated heterocycles. The van der Waals surface area contributed by atoms with Gasteiger partial charge in [0.05, 0.1) is 25.7 Å². The van der Waals surface area contributed by atoms with Gasteiger partial charge in [0.1, 0.15) is 6.54 Å². The molecule has 0 aliphatic carbocycles. The Labute approximate surface area is 350 Å². The van der Waals surface area contributed by atoms with Gasteiger partial charge in [-0.3, -0.25) is 4.79 Å². The van der Waals surface area contributed by atoms with E-state index in [-0.39, 0.29) is 59.1 Å². The summed E-state index contributed by atoms with van der Waals surface area (Å²) in [4.78, 5) is 15.7. The van der Waals surface area contributed by atoms with Crippen molar-refractivity contribution in [1.29, 1.82) is 0 Å². The molecule has 0 radical (unpaired) electrons. The normalized spacial score (nSPS) is 17.1. The number of terminal acetylenes is 1. The van der Waals surface area contributed by atoms with Crippen molar-refractivity contribution < 1.29 is 64.9 Å². The van der Waals surface area contributed by atoms with Crippen molar-refractivity contribution in [1.82, 2.24) is 5.32 Å². The van der Waals surface area contributed by atoms with Crippen LogP contribution in [-0.2, 0) is 35.9 Å². The molecule has 0 aromatic heterocycles. The number of allylic oxidation sites excluding steroid dienone is 6. The zero-order valence-corrected chi connectivity index (χ0v) is 36.3. The van der Waals surface area contributed by atoms with Crippen LogP contribution in [0.15, 0.2) is 96.3 Å². The fraction of sp³-hybridized carbons (Fsp3) is 0.429. The zero-order chi connectivity index (χ0) is 39.6. The van der Waals surface area contributed by atoms with E-state index in [1.54, 1.807) is 12.2 Å². The topological polar surface area (TPSA) is 150 Å². The summed E-state index contributed by atoms with van der Waals surface area (Å²) in [5.41, 5.74) is 5.93. The maximum atomic E-state index is 13.6. The third kappa shape index (κ3) is 12.6. The number of nitrogens with zero attached hydrogens (tertiary/aromatic N) is 2. The van der Waals surface area contributed by atoms with Crippen molar-refractivity contribution in [2.24, 2.45) is 0 Å². The van der Waals surface area contributed by atoms with Crippen LogP contribution in [0.2, 0.25) is 0 Å². The summed E-state index contributed by atoms with van der Waals surface area (Å²) in [7, 11) is -8.59. The number of rotatable bonds is 19. The Morgan fingerprint density at radius 2 is 1.49 bits per heavy atom. The largest absolute Gasteiger partial charge is 1.00 e. The molecule has 0 unspecified atom stereocenters. The number of benzene rings is 2. The second kappa shape index (κ2) is 20.2. The van der Waals surface area contributed by atoms with Gasteiger partial charge in [-0.05, 0) is 75.8 Å². The molecule has 0 fully saturated rings. The Balaban J connectivity index is 0.00000812.